The van der Waals surface area contributed by atoms with Crippen molar-refractivity contribution in [2.75, 3.05) is 39.3 Å². The topological polar surface area (TPSA) is 304 Å². The first-order valence-electron chi connectivity index (χ1n) is 22.9. The van der Waals surface area contributed by atoms with E-state index in [0.29, 0.717) is 43.6 Å². The summed E-state index contributed by atoms with van der Waals surface area (Å²) in [7, 11) is 0. The summed E-state index contributed by atoms with van der Waals surface area (Å²) in [5.41, 5.74) is 35.5. The fraction of sp³-hybridized carbons (Fsp3) is 0.327. The number of fused-ring (bicyclic) bond motifs is 2. The van der Waals surface area contributed by atoms with E-state index < -0.39 is 34.8 Å². The number of pyridine rings is 2. The second kappa shape index (κ2) is 20.6. The number of amides is 2. The molecule has 69 heavy (non-hydrogen) atoms. The van der Waals surface area contributed by atoms with Crippen LogP contribution in [0.4, 0.5) is 20.2 Å². The molecule has 2 aliphatic heterocycles. The van der Waals surface area contributed by atoms with Crippen molar-refractivity contribution >= 4 is 57.4 Å². The number of carbonyl (C=O) groups excluding carboxylic acids is 2. The lowest BCUT2D eigenvalue weighted by molar-refractivity contribution is -0.355. The number of piperidine rings is 2. The number of nitrogens with zero attached hydrogens (tertiary/aromatic N) is 5. The summed E-state index contributed by atoms with van der Waals surface area (Å²) < 4.78 is 27.3. The van der Waals surface area contributed by atoms with Gasteiger partial charge in [-0.2, -0.15) is 14.0 Å². The van der Waals surface area contributed by atoms with Crippen molar-refractivity contribution in [3.63, 3.8) is 0 Å². The molecule has 0 atom stereocenters. The van der Waals surface area contributed by atoms with Crippen molar-refractivity contribution in [3.05, 3.63) is 119 Å². The number of benzene rings is 1. The molecule has 2 saturated heterocycles. The average Bonchev–Trinajstić information content (AvgIpc) is 3.95. The van der Waals surface area contributed by atoms with E-state index in [2.05, 4.69) is 93.1 Å². The molecule has 2 fully saturated rings. The number of hydrogen-bond donors (Lipinski definition) is 11. The molecule has 0 bridgehead atoms. The first-order chi connectivity index (χ1) is 33.3. The Morgan fingerprint density at radius 2 is 1.35 bits per heavy atom. The van der Waals surface area contributed by atoms with Gasteiger partial charge in [0.25, 0.3) is 23.5 Å². The number of carbonyl (C=O) groups is 2. The van der Waals surface area contributed by atoms with Crippen LogP contribution in [0.3, 0.4) is 0 Å². The lowest BCUT2D eigenvalue weighted by atomic mass is 9.84. The van der Waals surface area contributed by atoms with Gasteiger partial charge in [0.1, 0.15) is 22.5 Å². The number of hydrogen-bond acceptors (Lipinski definition) is 10. The van der Waals surface area contributed by atoms with Crippen LogP contribution in [0.5, 0.6) is 0 Å². The van der Waals surface area contributed by atoms with Crippen LogP contribution in [0.1, 0.15) is 50.5 Å². The summed E-state index contributed by atoms with van der Waals surface area (Å²) in [6.45, 7) is 4.81. The number of aromatic nitrogens is 4. The van der Waals surface area contributed by atoms with Gasteiger partial charge in [-0.15, -0.1) is 0 Å². The molecule has 0 radical (unpaired) electrons. The van der Waals surface area contributed by atoms with Gasteiger partial charge in [-0.3, -0.25) is 30.9 Å². The molecule has 2 amide bonds. The Bertz CT molecular complexity index is 3040. The third kappa shape index (κ3) is 11.0. The highest BCUT2D eigenvalue weighted by Gasteiger charge is 2.36. The van der Waals surface area contributed by atoms with Crippen LogP contribution in [0, 0.1) is 23.2 Å². The largest absolute Gasteiger partial charge is 0.383 e. The molecule has 3 aliphatic rings. The van der Waals surface area contributed by atoms with E-state index in [-0.39, 0.29) is 29.2 Å². The fourth-order valence-electron chi connectivity index (χ4n) is 9.48. The van der Waals surface area contributed by atoms with E-state index >= 15 is 0 Å². The van der Waals surface area contributed by atoms with Gasteiger partial charge in [0.2, 0.25) is 11.9 Å². The molecule has 16 N–H and O–H groups in total. The van der Waals surface area contributed by atoms with Gasteiger partial charge in [-0.25, -0.2) is 20.0 Å². The third-order valence-electron chi connectivity index (χ3n) is 13.5. The number of aromatic amines is 2. The maximum atomic E-state index is 13.7. The number of nitriles is 1. The molecule has 1 aliphatic carbocycles. The molecule has 6 heterocycles. The Balaban J connectivity index is 0.922. The lowest BCUT2D eigenvalue weighted by Crippen LogP contribution is -2.70. The number of nitrogens with one attached hydrogen (secondary N) is 6. The summed E-state index contributed by atoms with van der Waals surface area (Å²) in [4.78, 5) is 49.4. The second-order valence-electron chi connectivity index (χ2n) is 18.0. The zero-order chi connectivity index (χ0) is 48.7. The molecule has 8 rings (SSSR count). The molecule has 0 spiro atoms. The highest BCUT2D eigenvalue weighted by Crippen LogP contribution is 2.31. The Labute approximate surface area is 396 Å². The quantitative estimate of drug-likeness (QED) is 0.0219. The smallest absolute Gasteiger partial charge is 0.285 e. The maximum absolute atomic E-state index is 13.7. The van der Waals surface area contributed by atoms with Crippen molar-refractivity contribution < 1.29 is 28.4 Å². The van der Waals surface area contributed by atoms with E-state index in [1.165, 1.54) is 53.3 Å². The molecule has 0 unspecified atom stereocenters. The molecular weight excluding hydrogens is 883 g/mol. The lowest BCUT2D eigenvalue weighted by Gasteiger charge is -2.41. The normalized spacial score (nSPS) is 18.0. The minimum atomic E-state index is -0.776. The van der Waals surface area contributed by atoms with Crippen molar-refractivity contribution in [2.24, 2.45) is 28.7 Å². The Kier molecular flexibility index (Phi) is 14.3. The molecule has 20 heteroatoms. The fourth-order valence-corrected chi connectivity index (χ4v) is 9.48. The van der Waals surface area contributed by atoms with Crippen LogP contribution in [-0.4, -0.2) is 104 Å². The van der Waals surface area contributed by atoms with Gasteiger partial charge in [0.15, 0.2) is 0 Å². The zero-order valence-electron chi connectivity index (χ0n) is 38.2. The van der Waals surface area contributed by atoms with Crippen LogP contribution in [-0.2, 0) is 16.1 Å². The van der Waals surface area contributed by atoms with Gasteiger partial charge in [-0.05, 0) is 61.8 Å². The van der Waals surface area contributed by atoms with Gasteiger partial charge in [0.05, 0.1) is 23.6 Å². The summed E-state index contributed by atoms with van der Waals surface area (Å²) in [6, 6.07) is 14.2. The van der Waals surface area contributed by atoms with Crippen LogP contribution in [0.2, 0.25) is 0 Å². The van der Waals surface area contributed by atoms with Gasteiger partial charge < -0.3 is 37.8 Å². The minimum absolute atomic E-state index is 0.0136. The number of rotatable bonds is 17. The molecule has 5 aromatic rings. The minimum Gasteiger partial charge on any atom is -0.383 e. The van der Waals surface area contributed by atoms with Crippen LogP contribution in [0.25, 0.3) is 33.7 Å². The van der Waals surface area contributed by atoms with E-state index in [0.717, 1.165) is 91.6 Å². The van der Waals surface area contributed by atoms with Crippen molar-refractivity contribution in [3.8, 4) is 17.2 Å². The van der Waals surface area contributed by atoms with E-state index in [4.69, 9.17) is 28.7 Å². The molecule has 18 nitrogen and oxygen atoms in total. The number of primary amides is 2. The average molecular weight is 941 g/mol. The predicted molar refractivity (Wildman–Crippen MR) is 258 cm³/mol. The summed E-state index contributed by atoms with van der Waals surface area (Å²) >= 11 is 0. The Morgan fingerprint density at radius 1 is 0.783 bits per heavy atom. The molecule has 0 saturated carbocycles. The number of halogens is 2. The van der Waals surface area contributed by atoms with Crippen molar-refractivity contribution in [1.29, 1.82) is 5.26 Å². The monoisotopic (exact) mass is 940 g/mol. The SMILES string of the molecule is N#CCC1(N/C=C(/C(N)=O)C(N)=[NH+]c2ccnc(F)c2)CCN(CC2=c3[nH]cc(-c4c[nH]c5ccc(CN6CCC(CN)(N/C=C(/C(N)=O)C(N)=[NH+]c7ccnc(F)c7)CC6)cc45)c3=CCC2)CC1. The van der Waals surface area contributed by atoms with Gasteiger partial charge >= 0.3 is 0 Å². The summed E-state index contributed by atoms with van der Waals surface area (Å²) in [5.74, 6) is -3.00. The first kappa shape index (κ1) is 47.8. The maximum Gasteiger partial charge on any atom is 0.285 e. The first-order valence-corrected chi connectivity index (χ1v) is 22.9. The van der Waals surface area contributed by atoms with Gasteiger partial charge in [-0.1, -0.05) is 12.1 Å². The Hall–Kier alpha value is -7.73. The van der Waals surface area contributed by atoms with E-state index in [9.17, 15) is 23.6 Å². The van der Waals surface area contributed by atoms with Gasteiger partial charge in [0, 0.05) is 140 Å². The van der Waals surface area contributed by atoms with Crippen molar-refractivity contribution in [2.45, 2.75) is 62.6 Å². The summed E-state index contributed by atoms with van der Waals surface area (Å²) in [6.07, 6.45) is 16.8. The summed E-state index contributed by atoms with van der Waals surface area (Å²) in [5, 5.41) is 20.0. The number of H-pyrrole nitrogens is 2. The van der Waals surface area contributed by atoms with E-state index in [1.807, 2.05) is 0 Å². The molecular formula is C49H58F2N16O2+2. The zero-order valence-corrected chi connectivity index (χ0v) is 38.2. The van der Waals surface area contributed by atoms with Crippen molar-refractivity contribution in [1.82, 2.24) is 40.4 Å². The third-order valence-corrected chi connectivity index (χ3v) is 13.5. The molecule has 4 aromatic heterocycles. The van der Waals surface area contributed by atoms with Crippen LogP contribution >= 0.6 is 0 Å². The highest BCUT2D eigenvalue weighted by molar-refractivity contribution is 6.18. The second-order valence-corrected chi connectivity index (χ2v) is 18.0. The number of likely N-dealkylation sites (tertiary alicyclic amines) is 2. The van der Waals surface area contributed by atoms with Crippen LogP contribution in [0.15, 0.2) is 90.8 Å². The highest BCUT2D eigenvalue weighted by atomic mass is 19.1. The molecule has 358 valence electrons. The number of amidine groups is 2. The van der Waals surface area contributed by atoms with Crippen LogP contribution < -0.4 is 59.9 Å². The number of nitrogens with two attached hydrogens (primary N) is 5. The Morgan fingerprint density at radius 3 is 1.91 bits per heavy atom. The van der Waals surface area contributed by atoms with E-state index in [1.54, 1.807) is 0 Å². The predicted octanol–water partition coefficient (Wildman–Crippen LogP) is -1.55. The standard InChI is InChI=1S/C49H56F2N16O2/c50-41-21-32(6-14-58-41)64-44(54)38(46(56)68)25-62-48(8-13-52)9-16-67(17-10-48)28-31-2-1-3-34-36(24-61-43(31)34)37-23-60-40-5-4-30(20-35(37)40)27-66-18-11-49(29-53,12-19-66)63-26-39(47(57)69)45(55)65-33-7-15-59-42(51)22-33/h3-7,14-15,20-26,60-63H,1-2,8-12,16-19,27-29,53H2,(H2,56,68)(H2,57,69)(H2,54,58,64)(H2,55,59,65)/p+2/b38-25+,39-26+. The molecule has 1 aromatic carbocycles.